The maximum atomic E-state index is 13.6. The predicted molar refractivity (Wildman–Crippen MR) is 66.3 cm³/mol. The topological polar surface area (TPSA) is 30.0 Å². The Morgan fingerprint density at radius 2 is 2.29 bits per heavy atom. The Hall–Kier alpha value is -1.26. The summed E-state index contributed by atoms with van der Waals surface area (Å²) in [5.41, 5.74) is 2.61. The van der Waals surface area contributed by atoms with E-state index in [9.17, 15) is 9.18 Å². The fourth-order valence-electron chi connectivity index (χ4n) is 1.51. The number of carbonyl (C=O) groups excluding carboxylic acids is 1. The number of aromatic nitrogens is 1. The van der Waals surface area contributed by atoms with Crippen molar-refractivity contribution >= 4 is 28.7 Å². The molecule has 0 spiro atoms. The van der Waals surface area contributed by atoms with Gasteiger partial charge in [0.25, 0.3) is 0 Å². The summed E-state index contributed by atoms with van der Waals surface area (Å²) in [5, 5.41) is 0.0383. The Morgan fingerprint density at radius 3 is 2.94 bits per heavy atom. The van der Waals surface area contributed by atoms with Gasteiger partial charge in [-0.15, -0.1) is 11.3 Å². The number of hydrogen-bond donors (Lipinski definition) is 0. The van der Waals surface area contributed by atoms with Crippen LogP contribution in [0.4, 0.5) is 4.39 Å². The Morgan fingerprint density at radius 1 is 1.53 bits per heavy atom. The predicted octanol–water partition coefficient (Wildman–Crippen LogP) is 3.67. The molecule has 0 aliphatic heterocycles. The second kappa shape index (κ2) is 4.94. The number of thiazole rings is 1. The molecule has 1 aromatic carbocycles. The highest BCUT2D eigenvalue weighted by molar-refractivity contribution is 7.11. The van der Waals surface area contributed by atoms with Gasteiger partial charge >= 0.3 is 0 Å². The van der Waals surface area contributed by atoms with Crippen LogP contribution in [0.15, 0.2) is 23.7 Å². The third-order valence-corrected chi connectivity index (χ3v) is 3.64. The van der Waals surface area contributed by atoms with Gasteiger partial charge in [0, 0.05) is 6.42 Å². The molecular weight excluding hydrogens is 261 g/mol. The summed E-state index contributed by atoms with van der Waals surface area (Å²) in [4.78, 5) is 16.5. The number of hydrogen-bond acceptors (Lipinski definition) is 3. The molecule has 0 aliphatic carbocycles. The summed E-state index contributed by atoms with van der Waals surface area (Å²) in [6, 6.07) is 4.66. The van der Waals surface area contributed by atoms with E-state index in [1.54, 1.807) is 24.6 Å². The highest BCUT2D eigenvalue weighted by Gasteiger charge is 2.15. The van der Waals surface area contributed by atoms with Crippen LogP contribution in [0.1, 0.15) is 20.9 Å². The van der Waals surface area contributed by atoms with Gasteiger partial charge in [-0.2, -0.15) is 0 Å². The molecule has 0 radical (unpaired) electrons. The number of benzene rings is 1. The summed E-state index contributed by atoms with van der Waals surface area (Å²) in [5.74, 6) is -0.657. The summed E-state index contributed by atoms with van der Waals surface area (Å²) < 4.78 is 13.6. The lowest BCUT2D eigenvalue weighted by atomic mass is 10.1. The van der Waals surface area contributed by atoms with Gasteiger partial charge in [-0.05, 0) is 18.6 Å². The lowest BCUT2D eigenvalue weighted by molar-refractivity contribution is 0.0995. The van der Waals surface area contributed by atoms with E-state index in [1.165, 1.54) is 17.4 Å². The van der Waals surface area contributed by atoms with Gasteiger partial charge in [0.15, 0.2) is 5.78 Å². The van der Waals surface area contributed by atoms with Crippen molar-refractivity contribution in [1.29, 1.82) is 0 Å². The number of halogens is 2. The van der Waals surface area contributed by atoms with E-state index in [2.05, 4.69) is 4.98 Å². The van der Waals surface area contributed by atoms with E-state index >= 15 is 0 Å². The molecule has 2 rings (SSSR count). The van der Waals surface area contributed by atoms with Crippen molar-refractivity contribution in [2.45, 2.75) is 13.3 Å². The fourth-order valence-corrected chi connectivity index (χ4v) is 2.44. The minimum absolute atomic E-state index is 0.00935. The van der Waals surface area contributed by atoms with Crippen LogP contribution in [-0.2, 0) is 6.42 Å². The Bertz CT molecular complexity index is 567. The van der Waals surface area contributed by atoms with Gasteiger partial charge in [-0.1, -0.05) is 23.7 Å². The normalized spacial score (nSPS) is 10.5. The lowest BCUT2D eigenvalue weighted by Crippen LogP contribution is -2.05. The minimum Gasteiger partial charge on any atom is -0.293 e. The van der Waals surface area contributed by atoms with Crippen LogP contribution in [0, 0.1) is 12.7 Å². The molecule has 0 unspecified atom stereocenters. The van der Waals surface area contributed by atoms with Crippen molar-refractivity contribution in [3.63, 3.8) is 0 Å². The Balaban J connectivity index is 2.25. The number of Topliss-reactive ketones (excluding diaryl/α,β-unsaturated/α-hetero) is 1. The molecule has 1 aromatic heterocycles. The van der Waals surface area contributed by atoms with E-state index in [1.807, 2.05) is 0 Å². The molecular formula is C12H9ClFNOS. The third-order valence-electron chi connectivity index (χ3n) is 2.38. The molecule has 0 aliphatic rings. The number of aryl methyl sites for hydroxylation is 1. The van der Waals surface area contributed by atoms with Crippen LogP contribution in [0.5, 0.6) is 0 Å². The Labute approximate surface area is 107 Å². The van der Waals surface area contributed by atoms with Crippen LogP contribution in [0.3, 0.4) is 0 Å². The standard InChI is InChI=1S/C12H9ClFNOS/c1-7-12(17-6-15-7)10(16)5-8-3-2-4-9(13)11(8)14/h2-4,6H,5H2,1H3. The molecule has 88 valence electrons. The first-order chi connectivity index (χ1) is 8.09. The molecule has 0 amide bonds. The van der Waals surface area contributed by atoms with Crippen LogP contribution in [-0.4, -0.2) is 10.8 Å². The van der Waals surface area contributed by atoms with Gasteiger partial charge in [0.1, 0.15) is 5.82 Å². The van der Waals surface area contributed by atoms with Gasteiger partial charge in [-0.3, -0.25) is 4.79 Å². The zero-order valence-electron chi connectivity index (χ0n) is 9.04. The highest BCUT2D eigenvalue weighted by Crippen LogP contribution is 2.21. The van der Waals surface area contributed by atoms with Gasteiger partial charge < -0.3 is 0 Å². The number of nitrogens with zero attached hydrogens (tertiary/aromatic N) is 1. The van der Waals surface area contributed by atoms with E-state index in [-0.39, 0.29) is 17.2 Å². The van der Waals surface area contributed by atoms with Crippen LogP contribution in [0.2, 0.25) is 5.02 Å². The molecule has 5 heteroatoms. The van der Waals surface area contributed by atoms with Gasteiger partial charge in [-0.25, -0.2) is 9.37 Å². The summed E-state index contributed by atoms with van der Waals surface area (Å²) in [7, 11) is 0. The number of ketones is 1. The van der Waals surface area contributed by atoms with Crippen molar-refractivity contribution in [3.05, 3.63) is 50.7 Å². The van der Waals surface area contributed by atoms with E-state index in [4.69, 9.17) is 11.6 Å². The molecule has 0 N–H and O–H groups in total. The molecule has 0 fully saturated rings. The molecule has 0 atom stereocenters. The number of rotatable bonds is 3. The second-order valence-electron chi connectivity index (χ2n) is 3.58. The van der Waals surface area contributed by atoms with Crippen molar-refractivity contribution in [2.24, 2.45) is 0 Å². The quantitative estimate of drug-likeness (QED) is 0.796. The van der Waals surface area contributed by atoms with E-state index in [0.717, 1.165) is 0 Å². The third kappa shape index (κ3) is 2.53. The van der Waals surface area contributed by atoms with Crippen LogP contribution >= 0.6 is 22.9 Å². The average molecular weight is 270 g/mol. The van der Waals surface area contributed by atoms with Crippen molar-refractivity contribution in [3.8, 4) is 0 Å². The largest absolute Gasteiger partial charge is 0.293 e. The first kappa shape index (κ1) is 12.2. The van der Waals surface area contributed by atoms with Crippen LogP contribution in [0.25, 0.3) is 0 Å². The van der Waals surface area contributed by atoms with E-state index in [0.29, 0.717) is 16.1 Å². The molecule has 2 aromatic rings. The Kier molecular flexibility index (Phi) is 3.54. The molecule has 17 heavy (non-hydrogen) atoms. The van der Waals surface area contributed by atoms with Crippen molar-refractivity contribution in [2.75, 3.05) is 0 Å². The SMILES string of the molecule is Cc1ncsc1C(=O)Cc1cccc(Cl)c1F. The van der Waals surface area contributed by atoms with Gasteiger partial charge in [0.2, 0.25) is 0 Å². The summed E-state index contributed by atoms with van der Waals surface area (Å²) in [6.45, 7) is 1.76. The molecule has 1 heterocycles. The zero-order valence-corrected chi connectivity index (χ0v) is 10.6. The monoisotopic (exact) mass is 269 g/mol. The summed E-state index contributed by atoms with van der Waals surface area (Å²) >= 11 is 6.93. The zero-order chi connectivity index (χ0) is 12.4. The maximum Gasteiger partial charge on any atom is 0.179 e. The molecule has 0 saturated heterocycles. The molecule has 0 saturated carbocycles. The average Bonchev–Trinajstić information content (AvgIpc) is 2.71. The molecule has 2 nitrogen and oxygen atoms in total. The number of carbonyl (C=O) groups is 1. The molecule has 0 bridgehead atoms. The van der Waals surface area contributed by atoms with Crippen LogP contribution < -0.4 is 0 Å². The van der Waals surface area contributed by atoms with Crippen molar-refractivity contribution < 1.29 is 9.18 Å². The fraction of sp³-hybridized carbons (Fsp3) is 0.167. The maximum absolute atomic E-state index is 13.6. The van der Waals surface area contributed by atoms with Gasteiger partial charge in [0.05, 0.1) is 21.1 Å². The highest BCUT2D eigenvalue weighted by atomic mass is 35.5. The summed E-state index contributed by atoms with van der Waals surface area (Å²) in [6.07, 6.45) is 0.00935. The first-order valence-corrected chi connectivity index (χ1v) is 6.21. The first-order valence-electron chi connectivity index (χ1n) is 4.95. The second-order valence-corrected chi connectivity index (χ2v) is 4.84. The van der Waals surface area contributed by atoms with Crippen molar-refractivity contribution in [1.82, 2.24) is 4.98 Å². The lowest BCUT2D eigenvalue weighted by Gasteiger charge is -2.03. The minimum atomic E-state index is -0.523. The van der Waals surface area contributed by atoms with E-state index < -0.39 is 5.82 Å². The smallest absolute Gasteiger partial charge is 0.179 e.